The molecule has 1 rings (SSSR count). The zero-order chi connectivity index (χ0) is 14.8. The van der Waals surface area contributed by atoms with Crippen LogP contribution in [0.3, 0.4) is 0 Å². The SMILES string of the molecule is O=C1CCC(C(=O)OCC(F)C(F)(F)S(=O)(=O)[O-])C1. The van der Waals surface area contributed by atoms with Crippen molar-refractivity contribution < 1.29 is 40.5 Å². The van der Waals surface area contributed by atoms with Crippen molar-refractivity contribution in [2.24, 2.45) is 5.92 Å². The first kappa shape index (κ1) is 15.9. The van der Waals surface area contributed by atoms with Gasteiger partial charge in [-0.05, 0) is 6.42 Å². The van der Waals surface area contributed by atoms with Gasteiger partial charge in [-0.2, -0.15) is 8.78 Å². The Labute approximate surface area is 106 Å². The summed E-state index contributed by atoms with van der Waals surface area (Å²) in [5.74, 6) is -2.10. The molecule has 6 nitrogen and oxygen atoms in total. The number of alkyl halides is 3. The van der Waals surface area contributed by atoms with Crippen LogP contribution in [0, 0.1) is 5.92 Å². The van der Waals surface area contributed by atoms with Gasteiger partial charge in [-0.25, -0.2) is 12.8 Å². The number of esters is 1. The highest BCUT2D eigenvalue weighted by molar-refractivity contribution is 7.86. The lowest BCUT2D eigenvalue weighted by Crippen LogP contribution is -2.42. The summed E-state index contributed by atoms with van der Waals surface area (Å²) in [4.78, 5) is 22.1. The Morgan fingerprint density at radius 2 is 2.11 bits per heavy atom. The van der Waals surface area contributed by atoms with E-state index in [-0.39, 0.29) is 25.0 Å². The number of Topliss-reactive ketones (excluding diaryl/α,β-unsaturated/α-hetero) is 1. The van der Waals surface area contributed by atoms with Crippen molar-refractivity contribution in [3.05, 3.63) is 0 Å². The number of carbonyl (C=O) groups excluding carboxylic acids is 2. The zero-order valence-corrected chi connectivity index (χ0v) is 10.3. The van der Waals surface area contributed by atoms with Gasteiger partial charge in [0.2, 0.25) is 6.17 Å². The minimum Gasteiger partial charge on any atom is -0.743 e. The molecule has 0 aromatic heterocycles. The lowest BCUT2D eigenvalue weighted by atomic mass is 10.1. The minimum absolute atomic E-state index is 0.119. The topological polar surface area (TPSA) is 101 Å². The van der Waals surface area contributed by atoms with Crippen molar-refractivity contribution >= 4 is 21.9 Å². The lowest BCUT2D eigenvalue weighted by Gasteiger charge is -2.23. The van der Waals surface area contributed by atoms with Gasteiger partial charge in [0.25, 0.3) is 0 Å². The van der Waals surface area contributed by atoms with Crippen molar-refractivity contribution in [3.63, 3.8) is 0 Å². The van der Waals surface area contributed by atoms with Gasteiger partial charge in [0, 0.05) is 12.8 Å². The van der Waals surface area contributed by atoms with Gasteiger partial charge in [0.05, 0.1) is 5.92 Å². The van der Waals surface area contributed by atoms with Crippen LogP contribution in [0.2, 0.25) is 0 Å². The fourth-order valence-electron chi connectivity index (χ4n) is 1.54. The Kier molecular flexibility index (Phi) is 4.56. The highest BCUT2D eigenvalue weighted by atomic mass is 32.2. The van der Waals surface area contributed by atoms with Crippen LogP contribution in [-0.4, -0.2) is 42.8 Å². The number of halogens is 3. The van der Waals surface area contributed by atoms with Crippen molar-refractivity contribution in [1.29, 1.82) is 0 Å². The van der Waals surface area contributed by atoms with Crippen LogP contribution >= 0.6 is 0 Å². The van der Waals surface area contributed by atoms with Gasteiger partial charge in [-0.15, -0.1) is 0 Å². The number of ether oxygens (including phenoxy) is 1. The maximum atomic E-state index is 12.9. The molecule has 0 radical (unpaired) electrons. The third-order valence-electron chi connectivity index (χ3n) is 2.65. The Morgan fingerprint density at radius 3 is 2.53 bits per heavy atom. The van der Waals surface area contributed by atoms with Gasteiger partial charge < -0.3 is 9.29 Å². The smallest absolute Gasteiger partial charge is 0.368 e. The second-order valence-corrected chi connectivity index (χ2v) is 5.54. The molecule has 0 amide bonds. The van der Waals surface area contributed by atoms with Gasteiger partial charge >= 0.3 is 11.2 Å². The number of hydrogen-bond donors (Lipinski definition) is 0. The normalized spacial score (nSPS) is 22.3. The molecule has 0 aromatic rings. The standard InChI is InChI=1S/C9H11F3O6S/c10-7(9(11,12)19(15,16)17)4-18-8(14)5-1-2-6(13)3-5/h5,7H,1-4H2,(H,15,16,17)/p-1. The Morgan fingerprint density at radius 1 is 1.53 bits per heavy atom. The summed E-state index contributed by atoms with van der Waals surface area (Å²) in [7, 11) is -6.18. The van der Waals surface area contributed by atoms with Gasteiger partial charge in [-0.1, -0.05) is 0 Å². The number of hydrogen-bond acceptors (Lipinski definition) is 6. The molecular weight excluding hydrogens is 293 g/mol. The van der Waals surface area contributed by atoms with E-state index in [9.17, 15) is 35.7 Å². The van der Waals surface area contributed by atoms with E-state index in [4.69, 9.17) is 0 Å². The average molecular weight is 303 g/mol. The third-order valence-corrected chi connectivity index (χ3v) is 3.57. The molecule has 0 saturated heterocycles. The highest BCUT2D eigenvalue weighted by Gasteiger charge is 2.48. The van der Waals surface area contributed by atoms with E-state index in [0.717, 1.165) is 0 Å². The molecule has 110 valence electrons. The van der Waals surface area contributed by atoms with Crippen molar-refractivity contribution in [2.75, 3.05) is 6.61 Å². The molecule has 0 bridgehead atoms. The van der Waals surface area contributed by atoms with Gasteiger partial charge in [0.1, 0.15) is 12.4 Å². The highest BCUT2D eigenvalue weighted by Crippen LogP contribution is 2.28. The quantitative estimate of drug-likeness (QED) is 0.537. The number of ketones is 1. The fraction of sp³-hybridized carbons (Fsp3) is 0.778. The number of rotatable bonds is 5. The Hall–Kier alpha value is -1.16. The maximum Gasteiger partial charge on any atom is 0.368 e. The largest absolute Gasteiger partial charge is 0.743 e. The monoisotopic (exact) mass is 303 g/mol. The van der Waals surface area contributed by atoms with Crippen LogP contribution in [-0.2, 0) is 24.4 Å². The summed E-state index contributed by atoms with van der Waals surface area (Å²) < 4.78 is 72.8. The summed E-state index contributed by atoms with van der Waals surface area (Å²) in [6, 6.07) is 0. The second kappa shape index (κ2) is 5.45. The molecule has 1 aliphatic carbocycles. The van der Waals surface area contributed by atoms with Crippen LogP contribution in [0.25, 0.3) is 0 Å². The predicted molar refractivity (Wildman–Crippen MR) is 52.8 cm³/mol. The molecule has 1 aliphatic rings. The summed E-state index contributed by atoms with van der Waals surface area (Å²) in [5.41, 5.74) is 0. The first-order valence-corrected chi connectivity index (χ1v) is 6.62. The molecule has 2 atom stereocenters. The first-order chi connectivity index (χ1) is 8.55. The van der Waals surface area contributed by atoms with E-state index in [0.29, 0.717) is 0 Å². The fourth-order valence-corrected chi connectivity index (χ4v) is 1.92. The van der Waals surface area contributed by atoms with Crippen LogP contribution in [0.5, 0.6) is 0 Å². The molecule has 0 spiro atoms. The molecule has 1 fully saturated rings. The Bertz CT molecular complexity index is 474. The molecule has 0 aliphatic heterocycles. The summed E-state index contributed by atoms with van der Waals surface area (Å²) in [5, 5.41) is -5.17. The second-order valence-electron chi connectivity index (χ2n) is 4.09. The molecular formula is C9H10F3O6S-. The van der Waals surface area contributed by atoms with Crippen LogP contribution < -0.4 is 0 Å². The van der Waals surface area contributed by atoms with Crippen molar-refractivity contribution in [3.8, 4) is 0 Å². The van der Waals surface area contributed by atoms with E-state index < -0.39 is 40.0 Å². The number of carbonyl (C=O) groups is 2. The first-order valence-electron chi connectivity index (χ1n) is 5.21. The zero-order valence-electron chi connectivity index (χ0n) is 9.47. The predicted octanol–water partition coefficient (Wildman–Crippen LogP) is 0.375. The van der Waals surface area contributed by atoms with E-state index in [2.05, 4.69) is 4.74 Å². The average Bonchev–Trinajstić information content (AvgIpc) is 2.70. The van der Waals surface area contributed by atoms with Crippen molar-refractivity contribution in [2.45, 2.75) is 30.7 Å². The van der Waals surface area contributed by atoms with Crippen LogP contribution in [0.15, 0.2) is 0 Å². The van der Waals surface area contributed by atoms with Gasteiger partial charge in [0.15, 0.2) is 10.1 Å². The third kappa shape index (κ3) is 3.66. The molecule has 19 heavy (non-hydrogen) atoms. The summed E-state index contributed by atoms with van der Waals surface area (Å²) >= 11 is 0. The molecule has 0 aromatic carbocycles. The minimum atomic E-state index is -6.18. The van der Waals surface area contributed by atoms with Crippen LogP contribution in [0.4, 0.5) is 13.2 Å². The van der Waals surface area contributed by atoms with E-state index in [1.807, 2.05) is 0 Å². The summed E-state index contributed by atoms with van der Waals surface area (Å²) in [6.45, 7) is -1.56. The molecule has 0 heterocycles. The maximum absolute atomic E-state index is 12.9. The van der Waals surface area contributed by atoms with E-state index >= 15 is 0 Å². The van der Waals surface area contributed by atoms with E-state index in [1.54, 1.807) is 0 Å². The molecule has 10 heteroatoms. The van der Waals surface area contributed by atoms with E-state index in [1.165, 1.54) is 0 Å². The molecule has 2 unspecified atom stereocenters. The molecule has 1 saturated carbocycles. The van der Waals surface area contributed by atoms with Crippen LogP contribution in [0.1, 0.15) is 19.3 Å². The Balaban J connectivity index is 2.53. The van der Waals surface area contributed by atoms with Gasteiger partial charge in [-0.3, -0.25) is 9.59 Å². The van der Waals surface area contributed by atoms with Crippen molar-refractivity contribution in [1.82, 2.24) is 0 Å². The lowest BCUT2D eigenvalue weighted by molar-refractivity contribution is -0.153. The summed E-state index contributed by atoms with van der Waals surface area (Å²) in [6.07, 6.45) is -3.25. The molecule has 0 N–H and O–H groups in total.